The van der Waals surface area contributed by atoms with Gasteiger partial charge >= 0.3 is 0 Å². The number of benzene rings is 1. The van der Waals surface area contributed by atoms with Crippen molar-refractivity contribution in [2.75, 3.05) is 7.11 Å². The highest BCUT2D eigenvalue weighted by Crippen LogP contribution is 2.32. The highest BCUT2D eigenvalue weighted by atomic mass is 35.5. The summed E-state index contributed by atoms with van der Waals surface area (Å²) >= 11 is 7.38. The Labute approximate surface area is 87.4 Å². The van der Waals surface area contributed by atoms with E-state index in [4.69, 9.17) is 22.1 Å². The molecule has 0 bridgehead atoms. The van der Waals surface area contributed by atoms with Crippen molar-refractivity contribution in [2.45, 2.75) is 17.2 Å². The van der Waals surface area contributed by atoms with Crippen LogP contribution in [0.25, 0.3) is 0 Å². The summed E-state index contributed by atoms with van der Waals surface area (Å²) in [5, 5.41) is 0.733. The van der Waals surface area contributed by atoms with Crippen LogP contribution in [0.1, 0.15) is 6.92 Å². The number of hydrogen-bond acceptors (Lipinski definition) is 3. The molecule has 0 saturated heterocycles. The Morgan fingerprint density at radius 2 is 2.23 bits per heavy atom. The lowest BCUT2D eigenvalue weighted by Crippen LogP contribution is -2.08. The molecular weight excluding hydrogens is 206 g/mol. The Morgan fingerprint density at radius 1 is 1.54 bits per heavy atom. The van der Waals surface area contributed by atoms with E-state index in [9.17, 15) is 0 Å². The summed E-state index contributed by atoms with van der Waals surface area (Å²) in [5.74, 6) is 0.812. The normalized spacial score (nSPS) is 12.6. The number of rotatable bonds is 3. The third-order valence-corrected chi connectivity index (χ3v) is 2.62. The zero-order valence-corrected chi connectivity index (χ0v) is 9.15. The molecule has 0 aromatic heterocycles. The lowest BCUT2D eigenvalue weighted by Gasteiger charge is -2.10. The first-order valence-corrected chi connectivity index (χ1v) is 5.15. The van der Waals surface area contributed by atoms with Crippen molar-refractivity contribution in [3.8, 4) is 5.75 Å². The SMILES string of the molecule is COc1ccc(Cl)cc1SC(C)N. The lowest BCUT2D eigenvalue weighted by molar-refractivity contribution is 0.405. The van der Waals surface area contributed by atoms with Crippen molar-refractivity contribution in [2.24, 2.45) is 5.73 Å². The predicted octanol–water partition coefficient (Wildman–Crippen LogP) is 2.75. The molecule has 0 fully saturated rings. The molecule has 72 valence electrons. The van der Waals surface area contributed by atoms with E-state index in [0.29, 0.717) is 5.02 Å². The van der Waals surface area contributed by atoms with Crippen LogP contribution in [0.5, 0.6) is 5.75 Å². The number of hydrogen-bond donors (Lipinski definition) is 1. The van der Waals surface area contributed by atoms with Gasteiger partial charge in [0, 0.05) is 5.02 Å². The minimum absolute atomic E-state index is 0.0346. The second-order valence-electron chi connectivity index (χ2n) is 2.62. The van der Waals surface area contributed by atoms with Crippen LogP contribution in [0.15, 0.2) is 23.1 Å². The number of thioether (sulfide) groups is 1. The third kappa shape index (κ3) is 3.10. The standard InChI is InChI=1S/C9H12ClNOS/c1-6(11)13-9-5-7(10)3-4-8(9)12-2/h3-6H,11H2,1-2H3. The zero-order valence-electron chi connectivity index (χ0n) is 7.58. The smallest absolute Gasteiger partial charge is 0.132 e. The van der Waals surface area contributed by atoms with Gasteiger partial charge in [-0.2, -0.15) is 0 Å². The molecule has 0 aliphatic heterocycles. The third-order valence-electron chi connectivity index (χ3n) is 1.44. The summed E-state index contributed by atoms with van der Waals surface area (Å²) in [6.45, 7) is 1.92. The second-order valence-corrected chi connectivity index (χ2v) is 4.47. The number of nitrogens with two attached hydrogens (primary N) is 1. The van der Waals surface area contributed by atoms with Gasteiger partial charge in [0.1, 0.15) is 5.75 Å². The van der Waals surface area contributed by atoms with E-state index in [-0.39, 0.29) is 5.37 Å². The van der Waals surface area contributed by atoms with Gasteiger partial charge in [0.05, 0.1) is 17.4 Å². The molecule has 0 aliphatic rings. The minimum Gasteiger partial charge on any atom is -0.496 e. The predicted molar refractivity (Wildman–Crippen MR) is 57.5 cm³/mol. The van der Waals surface area contributed by atoms with E-state index in [2.05, 4.69) is 0 Å². The number of ether oxygens (including phenoxy) is 1. The van der Waals surface area contributed by atoms with Crippen molar-refractivity contribution < 1.29 is 4.74 Å². The summed E-state index contributed by atoms with van der Waals surface area (Å²) < 4.78 is 5.17. The summed E-state index contributed by atoms with van der Waals surface area (Å²) in [5.41, 5.74) is 5.66. The Hall–Kier alpha value is -0.380. The van der Waals surface area contributed by atoms with Crippen molar-refractivity contribution in [3.05, 3.63) is 23.2 Å². The molecule has 0 spiro atoms. The highest BCUT2D eigenvalue weighted by Gasteiger charge is 2.06. The Bertz CT molecular complexity index is 291. The molecule has 2 N–H and O–H groups in total. The van der Waals surface area contributed by atoms with E-state index in [1.807, 2.05) is 19.1 Å². The average molecular weight is 218 g/mol. The number of halogens is 1. The Kier molecular flexibility index (Phi) is 3.90. The Balaban J connectivity index is 2.94. The molecule has 1 aromatic carbocycles. The van der Waals surface area contributed by atoms with E-state index in [1.54, 1.807) is 13.2 Å². The van der Waals surface area contributed by atoms with Gasteiger partial charge in [0.25, 0.3) is 0 Å². The molecule has 0 heterocycles. The van der Waals surface area contributed by atoms with Gasteiger partial charge in [-0.15, -0.1) is 11.8 Å². The van der Waals surface area contributed by atoms with E-state index < -0.39 is 0 Å². The molecule has 1 aromatic rings. The molecule has 13 heavy (non-hydrogen) atoms. The lowest BCUT2D eigenvalue weighted by atomic mass is 10.3. The van der Waals surface area contributed by atoms with Crippen LogP contribution in [0, 0.1) is 0 Å². The van der Waals surface area contributed by atoms with Crippen molar-refractivity contribution in [1.82, 2.24) is 0 Å². The topological polar surface area (TPSA) is 35.2 Å². The van der Waals surface area contributed by atoms with Gasteiger partial charge in [-0.3, -0.25) is 0 Å². The molecular formula is C9H12ClNOS. The molecule has 2 nitrogen and oxygen atoms in total. The largest absolute Gasteiger partial charge is 0.496 e. The van der Waals surface area contributed by atoms with E-state index in [1.165, 1.54) is 11.8 Å². The average Bonchev–Trinajstić information content (AvgIpc) is 2.03. The molecule has 0 aliphatic carbocycles. The fraction of sp³-hybridized carbons (Fsp3) is 0.333. The van der Waals surface area contributed by atoms with E-state index >= 15 is 0 Å². The van der Waals surface area contributed by atoms with Gasteiger partial charge in [-0.25, -0.2) is 0 Å². The zero-order chi connectivity index (χ0) is 9.84. The monoisotopic (exact) mass is 217 g/mol. The van der Waals surface area contributed by atoms with Crippen LogP contribution in [0.2, 0.25) is 5.02 Å². The minimum atomic E-state index is 0.0346. The molecule has 0 radical (unpaired) electrons. The highest BCUT2D eigenvalue weighted by molar-refractivity contribution is 8.00. The van der Waals surface area contributed by atoms with Crippen LogP contribution < -0.4 is 10.5 Å². The maximum Gasteiger partial charge on any atom is 0.132 e. The maximum atomic E-state index is 5.85. The first-order chi connectivity index (χ1) is 6.13. The van der Waals surface area contributed by atoms with Gasteiger partial charge in [0.15, 0.2) is 0 Å². The second kappa shape index (κ2) is 4.74. The summed E-state index contributed by atoms with van der Waals surface area (Å²) in [6.07, 6.45) is 0. The van der Waals surface area contributed by atoms with Gasteiger partial charge < -0.3 is 10.5 Å². The molecule has 4 heteroatoms. The van der Waals surface area contributed by atoms with Crippen LogP contribution >= 0.6 is 23.4 Å². The van der Waals surface area contributed by atoms with Gasteiger partial charge in [-0.05, 0) is 25.1 Å². The van der Waals surface area contributed by atoms with Gasteiger partial charge in [0.2, 0.25) is 0 Å². The van der Waals surface area contributed by atoms with Crippen molar-refractivity contribution in [3.63, 3.8) is 0 Å². The van der Waals surface area contributed by atoms with Crippen LogP contribution in [-0.2, 0) is 0 Å². The van der Waals surface area contributed by atoms with E-state index in [0.717, 1.165) is 10.6 Å². The fourth-order valence-corrected chi connectivity index (χ4v) is 2.04. The molecule has 0 amide bonds. The fourth-order valence-electron chi connectivity index (χ4n) is 0.943. The summed E-state index contributed by atoms with van der Waals surface area (Å²) in [4.78, 5) is 0.977. The van der Waals surface area contributed by atoms with Crippen molar-refractivity contribution >= 4 is 23.4 Å². The summed E-state index contributed by atoms with van der Waals surface area (Å²) in [7, 11) is 1.63. The summed E-state index contributed by atoms with van der Waals surface area (Å²) in [6, 6.07) is 5.49. The first-order valence-electron chi connectivity index (χ1n) is 3.89. The quantitative estimate of drug-likeness (QED) is 0.625. The Morgan fingerprint density at radius 3 is 2.77 bits per heavy atom. The van der Waals surface area contributed by atoms with Crippen LogP contribution in [0.4, 0.5) is 0 Å². The molecule has 1 atom stereocenters. The molecule has 0 saturated carbocycles. The maximum absolute atomic E-state index is 5.85. The van der Waals surface area contributed by atoms with Gasteiger partial charge in [-0.1, -0.05) is 11.6 Å². The molecule has 1 rings (SSSR count). The number of methoxy groups -OCH3 is 1. The first kappa shape index (κ1) is 10.7. The van der Waals surface area contributed by atoms with Crippen molar-refractivity contribution in [1.29, 1.82) is 0 Å². The molecule has 1 unspecified atom stereocenters. The van der Waals surface area contributed by atoms with Crippen LogP contribution in [-0.4, -0.2) is 12.5 Å². The van der Waals surface area contributed by atoms with Crippen LogP contribution in [0.3, 0.4) is 0 Å².